The SMILES string of the molecule is [CH2-][NH2+]c1ccc(C(C)C)c(C)c1. The van der Waals surface area contributed by atoms with Crippen LogP contribution in [0.25, 0.3) is 0 Å². The fourth-order valence-corrected chi connectivity index (χ4v) is 1.47. The van der Waals surface area contributed by atoms with Crippen molar-refractivity contribution in [1.82, 2.24) is 0 Å². The van der Waals surface area contributed by atoms with Crippen LogP contribution in [0.1, 0.15) is 30.9 Å². The first-order valence-electron chi connectivity index (χ1n) is 4.38. The van der Waals surface area contributed by atoms with E-state index in [1.807, 2.05) is 5.32 Å². The van der Waals surface area contributed by atoms with E-state index in [-0.39, 0.29) is 0 Å². The number of benzene rings is 1. The zero-order valence-corrected chi connectivity index (χ0v) is 8.09. The van der Waals surface area contributed by atoms with Gasteiger partial charge in [0.1, 0.15) is 5.69 Å². The number of hydrogen-bond acceptors (Lipinski definition) is 0. The molecule has 0 aliphatic rings. The number of nitrogens with two attached hydrogens (primary N) is 1. The van der Waals surface area contributed by atoms with Gasteiger partial charge in [0.25, 0.3) is 0 Å². The van der Waals surface area contributed by atoms with Gasteiger partial charge >= 0.3 is 0 Å². The van der Waals surface area contributed by atoms with Gasteiger partial charge in [-0.05, 0) is 36.1 Å². The molecule has 0 bridgehead atoms. The molecule has 12 heavy (non-hydrogen) atoms. The molecule has 0 radical (unpaired) electrons. The van der Waals surface area contributed by atoms with E-state index in [0.29, 0.717) is 5.92 Å². The average molecular weight is 163 g/mol. The first kappa shape index (κ1) is 9.27. The molecule has 66 valence electrons. The molecule has 0 fully saturated rings. The van der Waals surface area contributed by atoms with E-state index in [4.69, 9.17) is 0 Å². The summed E-state index contributed by atoms with van der Waals surface area (Å²) >= 11 is 0. The molecule has 0 aliphatic carbocycles. The van der Waals surface area contributed by atoms with Crippen molar-refractivity contribution >= 4 is 5.69 Å². The summed E-state index contributed by atoms with van der Waals surface area (Å²) in [5.41, 5.74) is 4.00. The fraction of sp³-hybridized carbons (Fsp3) is 0.364. The van der Waals surface area contributed by atoms with Gasteiger partial charge in [0.2, 0.25) is 0 Å². The molecule has 0 amide bonds. The third-order valence-corrected chi connectivity index (χ3v) is 2.15. The van der Waals surface area contributed by atoms with Gasteiger partial charge in [-0.1, -0.05) is 19.9 Å². The summed E-state index contributed by atoms with van der Waals surface area (Å²) in [5, 5.41) is 1.89. The van der Waals surface area contributed by atoms with Crippen molar-refractivity contribution in [3.8, 4) is 0 Å². The van der Waals surface area contributed by atoms with Gasteiger partial charge in [0.15, 0.2) is 0 Å². The van der Waals surface area contributed by atoms with E-state index in [1.54, 1.807) is 0 Å². The summed E-state index contributed by atoms with van der Waals surface area (Å²) in [7, 11) is 3.75. The van der Waals surface area contributed by atoms with Crippen LogP contribution in [-0.4, -0.2) is 0 Å². The van der Waals surface area contributed by atoms with E-state index in [9.17, 15) is 0 Å². The second kappa shape index (κ2) is 3.72. The van der Waals surface area contributed by atoms with Gasteiger partial charge in [0.05, 0.1) is 0 Å². The lowest BCUT2D eigenvalue weighted by atomic mass is 9.98. The van der Waals surface area contributed by atoms with Crippen LogP contribution in [0.3, 0.4) is 0 Å². The van der Waals surface area contributed by atoms with E-state index in [0.717, 1.165) is 0 Å². The summed E-state index contributed by atoms with van der Waals surface area (Å²) in [4.78, 5) is 0. The maximum absolute atomic E-state index is 3.75. The number of quaternary nitrogens is 1. The molecule has 1 rings (SSSR count). The molecule has 0 unspecified atom stereocenters. The highest BCUT2D eigenvalue weighted by molar-refractivity contribution is 5.39. The van der Waals surface area contributed by atoms with Crippen LogP contribution < -0.4 is 5.32 Å². The molecule has 0 aliphatic heterocycles. The van der Waals surface area contributed by atoms with Crippen LogP contribution >= 0.6 is 0 Å². The van der Waals surface area contributed by atoms with Gasteiger partial charge in [-0.2, -0.15) is 0 Å². The second-order valence-electron chi connectivity index (χ2n) is 3.47. The summed E-state index contributed by atoms with van der Waals surface area (Å²) in [6.45, 7) is 6.59. The monoisotopic (exact) mass is 163 g/mol. The number of aryl methyl sites for hydroxylation is 1. The summed E-state index contributed by atoms with van der Waals surface area (Å²) < 4.78 is 0. The minimum absolute atomic E-state index is 0.615. The Kier molecular flexibility index (Phi) is 2.88. The lowest BCUT2D eigenvalue weighted by Crippen LogP contribution is -2.69. The Morgan fingerprint density at radius 2 is 2.00 bits per heavy atom. The Balaban J connectivity index is 3.03. The quantitative estimate of drug-likeness (QED) is 0.508. The molecular formula is C11H17N. The minimum atomic E-state index is 0.615. The lowest BCUT2D eigenvalue weighted by Gasteiger charge is -2.10. The molecule has 0 heterocycles. The first-order chi connectivity index (χ1) is 5.65. The highest BCUT2D eigenvalue weighted by Gasteiger charge is 2.03. The maximum Gasteiger partial charge on any atom is 0.103 e. The van der Waals surface area contributed by atoms with Gasteiger partial charge in [-0.3, -0.25) is 0 Å². The van der Waals surface area contributed by atoms with Crippen molar-refractivity contribution in [2.24, 2.45) is 0 Å². The molecular weight excluding hydrogens is 146 g/mol. The molecule has 1 heteroatoms. The normalized spacial score (nSPS) is 10.8. The minimum Gasteiger partial charge on any atom is -0.446 e. The third kappa shape index (κ3) is 1.86. The Morgan fingerprint density at radius 3 is 2.42 bits per heavy atom. The predicted octanol–water partition coefficient (Wildman–Crippen LogP) is 2.10. The van der Waals surface area contributed by atoms with Crippen LogP contribution in [0.15, 0.2) is 18.2 Å². The Bertz CT molecular complexity index is 264. The van der Waals surface area contributed by atoms with Crippen molar-refractivity contribution in [2.45, 2.75) is 26.7 Å². The van der Waals surface area contributed by atoms with Gasteiger partial charge in [0, 0.05) is 0 Å². The standard InChI is InChI=1S/C11H17N/c1-8(2)11-6-5-10(12-4)7-9(11)3/h5-8H,4,12H2,1-3H3. The Hall–Kier alpha value is -0.820. The van der Waals surface area contributed by atoms with Gasteiger partial charge < -0.3 is 5.32 Å². The summed E-state index contributed by atoms with van der Waals surface area (Å²) in [6, 6.07) is 6.49. The van der Waals surface area contributed by atoms with E-state index in [1.165, 1.54) is 16.8 Å². The fourth-order valence-electron chi connectivity index (χ4n) is 1.47. The highest BCUT2D eigenvalue weighted by Crippen LogP contribution is 2.20. The smallest absolute Gasteiger partial charge is 0.103 e. The number of rotatable bonds is 2. The number of hydrogen-bond donors (Lipinski definition) is 1. The van der Waals surface area contributed by atoms with Crippen LogP contribution in [0.2, 0.25) is 0 Å². The summed E-state index contributed by atoms with van der Waals surface area (Å²) in [5.74, 6) is 0.615. The zero-order valence-electron chi connectivity index (χ0n) is 8.09. The second-order valence-corrected chi connectivity index (χ2v) is 3.47. The molecule has 0 saturated carbocycles. The molecule has 0 saturated heterocycles. The maximum atomic E-state index is 3.75. The van der Waals surface area contributed by atoms with Crippen LogP contribution in [0.4, 0.5) is 5.69 Å². The largest absolute Gasteiger partial charge is 0.446 e. The molecule has 0 spiro atoms. The highest BCUT2D eigenvalue weighted by atomic mass is 14.8. The third-order valence-electron chi connectivity index (χ3n) is 2.15. The average Bonchev–Trinajstić information content (AvgIpc) is 2.03. The predicted molar refractivity (Wildman–Crippen MR) is 52.2 cm³/mol. The van der Waals surface area contributed by atoms with Crippen molar-refractivity contribution in [2.75, 3.05) is 0 Å². The Morgan fingerprint density at radius 1 is 1.33 bits per heavy atom. The van der Waals surface area contributed by atoms with E-state index < -0.39 is 0 Å². The van der Waals surface area contributed by atoms with Gasteiger partial charge in [-0.25, -0.2) is 0 Å². The molecule has 1 nitrogen and oxygen atoms in total. The van der Waals surface area contributed by atoms with Crippen molar-refractivity contribution in [3.63, 3.8) is 0 Å². The summed E-state index contributed by atoms with van der Waals surface area (Å²) in [6.07, 6.45) is 0. The molecule has 0 aromatic heterocycles. The van der Waals surface area contributed by atoms with E-state index >= 15 is 0 Å². The topological polar surface area (TPSA) is 16.6 Å². The molecule has 1 aromatic carbocycles. The van der Waals surface area contributed by atoms with Crippen molar-refractivity contribution < 1.29 is 5.32 Å². The Labute approximate surface area is 74.8 Å². The van der Waals surface area contributed by atoms with E-state index in [2.05, 4.69) is 46.0 Å². The molecule has 0 atom stereocenters. The lowest BCUT2D eigenvalue weighted by molar-refractivity contribution is -0.504. The van der Waals surface area contributed by atoms with Crippen LogP contribution in [0.5, 0.6) is 0 Å². The van der Waals surface area contributed by atoms with Crippen molar-refractivity contribution in [3.05, 3.63) is 36.4 Å². The first-order valence-corrected chi connectivity index (χ1v) is 4.38. The van der Waals surface area contributed by atoms with Gasteiger partial charge in [-0.15, -0.1) is 7.05 Å². The van der Waals surface area contributed by atoms with Crippen molar-refractivity contribution in [1.29, 1.82) is 0 Å². The van der Waals surface area contributed by atoms with Crippen LogP contribution in [-0.2, 0) is 0 Å². The molecule has 2 N–H and O–H groups in total. The molecule has 1 aromatic rings. The van der Waals surface area contributed by atoms with Crippen LogP contribution in [0, 0.1) is 14.0 Å². The zero-order chi connectivity index (χ0) is 9.14.